The van der Waals surface area contributed by atoms with E-state index < -0.39 is 20.0 Å². The zero-order valence-corrected chi connectivity index (χ0v) is 34.1. The average Bonchev–Trinajstić information content (AvgIpc) is 3.40. The van der Waals surface area contributed by atoms with Crippen LogP contribution in [0.2, 0.25) is 0 Å². The molecule has 2 heterocycles. The molecule has 6 rings (SSSR count). The van der Waals surface area contributed by atoms with E-state index in [0.29, 0.717) is 60.7 Å². The molecule has 3 aromatic rings. The molecule has 2 amide bonds. The van der Waals surface area contributed by atoms with Crippen molar-refractivity contribution >= 4 is 44.3 Å². The molecule has 298 valence electrons. The summed E-state index contributed by atoms with van der Waals surface area (Å²) in [4.78, 5) is 29.2. The Morgan fingerprint density at radius 2 is 1.20 bits per heavy atom. The topological polar surface area (TPSA) is 125 Å². The highest BCUT2D eigenvalue weighted by molar-refractivity contribution is 7.89. The predicted octanol–water partition coefficient (Wildman–Crippen LogP) is 6.40. The van der Waals surface area contributed by atoms with E-state index in [1.165, 1.54) is 57.7 Å². The Kier molecular flexibility index (Phi) is 14.7. The lowest BCUT2D eigenvalue weighted by atomic mass is 9.89. The summed E-state index contributed by atoms with van der Waals surface area (Å²) in [5.74, 6) is 0.436. The lowest BCUT2D eigenvalue weighted by Gasteiger charge is -2.33. The summed E-state index contributed by atoms with van der Waals surface area (Å²) in [6, 6.07) is 19.8. The number of aryl methyl sites for hydroxylation is 1. The van der Waals surface area contributed by atoms with E-state index in [9.17, 15) is 26.4 Å². The number of amides is 2. The lowest BCUT2D eigenvalue weighted by Crippen LogP contribution is -2.42. The van der Waals surface area contributed by atoms with Crippen LogP contribution >= 0.6 is 12.4 Å². The van der Waals surface area contributed by atoms with Crippen molar-refractivity contribution in [3.8, 4) is 5.75 Å². The summed E-state index contributed by atoms with van der Waals surface area (Å²) in [7, 11) is -7.83. The SMILES string of the molecule is C=C1CN(S(=O)(=O)c2ccc(C)cc2)CCCN(CC2CCCCC2)CCCN(S(=O)(=O)c2ccc(OCCCN3C(=O)c4ccccc4C3=O)cc2)C1.Cl. The van der Waals surface area contributed by atoms with Crippen LogP contribution in [0.4, 0.5) is 0 Å². The molecule has 3 aliphatic rings. The molecule has 11 nitrogen and oxygen atoms in total. The first-order valence-corrected chi connectivity index (χ1v) is 22.0. The molecule has 0 aromatic heterocycles. The van der Waals surface area contributed by atoms with Gasteiger partial charge in [0.1, 0.15) is 5.75 Å². The van der Waals surface area contributed by atoms with Crippen molar-refractivity contribution in [3.05, 3.63) is 102 Å². The average molecular weight is 813 g/mol. The van der Waals surface area contributed by atoms with Crippen LogP contribution < -0.4 is 4.74 Å². The molecule has 0 spiro atoms. The highest BCUT2D eigenvalue weighted by atomic mass is 35.5. The van der Waals surface area contributed by atoms with Crippen LogP contribution in [-0.2, 0) is 20.0 Å². The number of hydrogen-bond donors (Lipinski definition) is 0. The molecule has 0 bridgehead atoms. The molecule has 1 saturated carbocycles. The molecule has 3 aromatic carbocycles. The van der Waals surface area contributed by atoms with Crippen molar-refractivity contribution in [1.29, 1.82) is 0 Å². The van der Waals surface area contributed by atoms with Gasteiger partial charge in [-0.05, 0) is 112 Å². The molecule has 0 radical (unpaired) electrons. The zero-order chi connectivity index (χ0) is 38.3. The van der Waals surface area contributed by atoms with Crippen LogP contribution in [-0.4, -0.2) is 106 Å². The van der Waals surface area contributed by atoms with Gasteiger partial charge >= 0.3 is 0 Å². The van der Waals surface area contributed by atoms with Gasteiger partial charge in [0.25, 0.3) is 11.8 Å². The van der Waals surface area contributed by atoms with E-state index in [2.05, 4.69) is 11.5 Å². The Bertz CT molecular complexity index is 1980. The van der Waals surface area contributed by atoms with E-state index >= 15 is 0 Å². The number of rotatable bonds is 11. The standard InChI is InChI=1S/C41H52N4O7S2.ClH/c1-32-15-19-36(20-16-32)53(48,49)43-25-8-23-42(31-34-11-4-3-5-12-34)24-9-26-44(30-33(2)29-43)54(50,51)37-21-17-35(18-22-37)52-28-10-27-45-40(46)38-13-6-7-14-39(38)41(45)47;/h6-7,13-22,34H,2-5,8-12,23-31H2,1H3;1H. The van der Waals surface area contributed by atoms with Crippen molar-refractivity contribution in [3.63, 3.8) is 0 Å². The third-order valence-corrected chi connectivity index (χ3v) is 14.3. The van der Waals surface area contributed by atoms with Gasteiger partial charge in [0.2, 0.25) is 20.0 Å². The Hall–Kier alpha value is -3.59. The minimum Gasteiger partial charge on any atom is -0.494 e. The summed E-state index contributed by atoms with van der Waals surface area (Å²) in [6.45, 7) is 9.48. The van der Waals surface area contributed by atoms with E-state index in [1.54, 1.807) is 60.7 Å². The molecule has 0 unspecified atom stereocenters. The number of hydrogen-bond acceptors (Lipinski definition) is 8. The maximum atomic E-state index is 14.2. The number of carbonyl (C=O) groups excluding carboxylic acids is 2. The van der Waals surface area contributed by atoms with E-state index in [1.807, 2.05) is 6.92 Å². The van der Waals surface area contributed by atoms with E-state index in [4.69, 9.17) is 4.74 Å². The first-order chi connectivity index (χ1) is 25.9. The largest absolute Gasteiger partial charge is 0.494 e. The number of benzene rings is 3. The van der Waals surface area contributed by atoms with Crippen LogP contribution in [0.1, 0.15) is 77.6 Å². The number of nitrogens with zero attached hydrogens (tertiary/aromatic N) is 4. The summed E-state index contributed by atoms with van der Waals surface area (Å²) in [5.41, 5.74) is 2.27. The third-order valence-electron chi connectivity index (χ3n) is 10.6. The smallest absolute Gasteiger partial charge is 0.261 e. The molecule has 2 fully saturated rings. The van der Waals surface area contributed by atoms with Gasteiger partial charge in [-0.2, -0.15) is 8.61 Å². The number of sulfonamides is 2. The molecular weight excluding hydrogens is 760 g/mol. The highest BCUT2D eigenvalue weighted by Crippen LogP contribution is 2.27. The molecule has 55 heavy (non-hydrogen) atoms. The van der Waals surface area contributed by atoms with Crippen LogP contribution in [0.15, 0.2) is 94.7 Å². The van der Waals surface area contributed by atoms with E-state index in [0.717, 1.165) is 18.7 Å². The quantitative estimate of drug-likeness (QED) is 0.124. The fourth-order valence-corrected chi connectivity index (χ4v) is 10.7. The lowest BCUT2D eigenvalue weighted by molar-refractivity contribution is 0.0646. The Morgan fingerprint density at radius 3 is 1.73 bits per heavy atom. The maximum Gasteiger partial charge on any atom is 0.261 e. The minimum atomic E-state index is -3.98. The van der Waals surface area contributed by atoms with Gasteiger partial charge in [-0.25, -0.2) is 16.8 Å². The highest BCUT2D eigenvalue weighted by Gasteiger charge is 2.35. The number of carbonyl (C=O) groups is 2. The minimum absolute atomic E-state index is 0. The predicted molar refractivity (Wildman–Crippen MR) is 216 cm³/mol. The Balaban J connectivity index is 0.00000580. The zero-order valence-electron chi connectivity index (χ0n) is 31.6. The van der Waals surface area contributed by atoms with Crippen LogP contribution in [0.5, 0.6) is 5.75 Å². The van der Waals surface area contributed by atoms with Crippen LogP contribution in [0, 0.1) is 12.8 Å². The monoisotopic (exact) mass is 812 g/mol. The van der Waals surface area contributed by atoms with Gasteiger partial charge in [-0.3, -0.25) is 14.5 Å². The summed E-state index contributed by atoms with van der Waals surface area (Å²) >= 11 is 0. The van der Waals surface area contributed by atoms with Gasteiger partial charge in [0.15, 0.2) is 0 Å². The molecule has 0 atom stereocenters. The Labute approximate surface area is 332 Å². The number of halogens is 1. The number of ether oxygens (including phenoxy) is 1. The summed E-state index contributed by atoms with van der Waals surface area (Å²) < 4.78 is 64.9. The first kappa shape index (κ1) is 42.6. The number of imide groups is 1. The number of fused-ring (bicyclic) bond motifs is 1. The van der Waals surface area contributed by atoms with Gasteiger partial charge < -0.3 is 9.64 Å². The molecule has 0 N–H and O–H groups in total. The van der Waals surface area contributed by atoms with Crippen molar-refractivity contribution in [2.45, 2.75) is 68.1 Å². The third kappa shape index (κ3) is 10.4. The van der Waals surface area contributed by atoms with Gasteiger partial charge in [0, 0.05) is 39.3 Å². The first-order valence-electron chi connectivity index (χ1n) is 19.1. The van der Waals surface area contributed by atoms with Gasteiger partial charge in [0.05, 0.1) is 27.5 Å². The fourth-order valence-electron chi connectivity index (χ4n) is 7.66. The summed E-state index contributed by atoms with van der Waals surface area (Å²) in [5, 5.41) is 0. The molecule has 2 aliphatic heterocycles. The van der Waals surface area contributed by atoms with Crippen LogP contribution in [0.25, 0.3) is 0 Å². The van der Waals surface area contributed by atoms with Crippen molar-refractivity contribution < 1.29 is 31.2 Å². The molecular formula is C41H53ClN4O7S2. The normalized spacial score (nSPS) is 19.0. The van der Waals surface area contributed by atoms with Gasteiger partial charge in [-0.15, -0.1) is 12.4 Å². The second-order valence-corrected chi connectivity index (χ2v) is 18.6. The second-order valence-electron chi connectivity index (χ2n) is 14.7. The maximum absolute atomic E-state index is 14.2. The summed E-state index contributed by atoms with van der Waals surface area (Å²) in [6.07, 6.45) is 7.84. The second kappa shape index (κ2) is 19.0. The molecule has 1 aliphatic carbocycles. The van der Waals surface area contributed by atoms with Crippen molar-refractivity contribution in [1.82, 2.24) is 18.4 Å². The Morgan fingerprint density at radius 1 is 0.691 bits per heavy atom. The van der Waals surface area contributed by atoms with E-state index in [-0.39, 0.29) is 66.8 Å². The fraction of sp³-hybridized carbons (Fsp3) is 0.463. The van der Waals surface area contributed by atoms with Crippen molar-refractivity contribution in [2.24, 2.45) is 5.92 Å². The van der Waals surface area contributed by atoms with Crippen LogP contribution in [0.3, 0.4) is 0 Å². The molecule has 14 heteroatoms. The van der Waals surface area contributed by atoms with Gasteiger partial charge in [-0.1, -0.05) is 55.7 Å². The van der Waals surface area contributed by atoms with Crippen molar-refractivity contribution in [2.75, 3.05) is 59.0 Å². The molecule has 1 saturated heterocycles.